The molecule has 1 amide bonds. The molecule has 3 rings (SSSR count). The summed E-state index contributed by atoms with van der Waals surface area (Å²) in [7, 11) is 0. The average Bonchev–Trinajstić information content (AvgIpc) is 3.37. The van der Waals surface area contributed by atoms with Crippen molar-refractivity contribution in [2.45, 2.75) is 38.4 Å². The van der Waals surface area contributed by atoms with E-state index in [-0.39, 0.29) is 11.9 Å². The van der Waals surface area contributed by atoms with Gasteiger partial charge in [-0.1, -0.05) is 30.3 Å². The highest BCUT2D eigenvalue weighted by molar-refractivity contribution is 5.92. The van der Waals surface area contributed by atoms with E-state index in [1.807, 2.05) is 37.3 Å². The highest BCUT2D eigenvalue weighted by Crippen LogP contribution is 2.36. The van der Waals surface area contributed by atoms with Crippen molar-refractivity contribution in [3.8, 4) is 0 Å². The highest BCUT2D eigenvalue weighted by Gasteiger charge is 2.33. The molecule has 1 aliphatic carbocycles. The lowest BCUT2D eigenvalue weighted by Crippen LogP contribution is -2.29. The second kappa shape index (κ2) is 6.50. The maximum Gasteiger partial charge on any atom is 0.248 e. The van der Waals surface area contributed by atoms with Crippen LogP contribution in [-0.2, 0) is 6.54 Å². The van der Waals surface area contributed by atoms with Gasteiger partial charge in [-0.25, -0.2) is 4.39 Å². The van der Waals surface area contributed by atoms with Crippen LogP contribution in [0.2, 0.25) is 0 Å². The van der Waals surface area contributed by atoms with Gasteiger partial charge in [0.15, 0.2) is 0 Å². The number of nitrogens with two attached hydrogens (primary N) is 1. The predicted octanol–water partition coefficient (Wildman–Crippen LogP) is 3.65. The number of nitrogens with zero attached hydrogens (tertiary/aromatic N) is 1. The summed E-state index contributed by atoms with van der Waals surface area (Å²) < 4.78 is 14.1. The number of hydrogen-bond donors (Lipinski definition) is 1. The molecular formula is C19H21FN2O. The van der Waals surface area contributed by atoms with Crippen LogP contribution in [0.1, 0.15) is 47.3 Å². The van der Waals surface area contributed by atoms with Crippen LogP contribution in [0.3, 0.4) is 0 Å². The zero-order valence-electron chi connectivity index (χ0n) is 13.2. The molecule has 4 heteroatoms. The van der Waals surface area contributed by atoms with Gasteiger partial charge in [-0.3, -0.25) is 9.69 Å². The van der Waals surface area contributed by atoms with Crippen molar-refractivity contribution in [3.05, 3.63) is 71.0 Å². The maximum atomic E-state index is 14.1. The van der Waals surface area contributed by atoms with Crippen molar-refractivity contribution in [2.24, 2.45) is 5.73 Å². The van der Waals surface area contributed by atoms with E-state index in [0.717, 1.165) is 18.4 Å². The third-order valence-corrected chi connectivity index (χ3v) is 4.45. The number of benzene rings is 2. The normalized spacial score (nSPS) is 15.6. The first-order valence-electron chi connectivity index (χ1n) is 7.95. The zero-order valence-corrected chi connectivity index (χ0v) is 13.2. The van der Waals surface area contributed by atoms with Crippen LogP contribution in [0, 0.1) is 5.82 Å². The molecule has 0 spiro atoms. The molecule has 0 bridgehead atoms. The standard InChI is InChI=1S/C19H21FN2O/c1-13(17-7-2-3-8-18(17)20)22(16-9-10-16)12-14-5-4-6-15(11-14)19(21)23/h2-8,11,13,16H,9-10,12H2,1H3,(H2,21,23). The summed E-state index contributed by atoms with van der Waals surface area (Å²) >= 11 is 0. The van der Waals surface area contributed by atoms with Gasteiger partial charge in [0.1, 0.15) is 5.82 Å². The fraction of sp³-hybridized carbons (Fsp3) is 0.316. The third-order valence-electron chi connectivity index (χ3n) is 4.45. The van der Waals surface area contributed by atoms with E-state index in [0.29, 0.717) is 23.7 Å². The first-order valence-corrected chi connectivity index (χ1v) is 7.95. The van der Waals surface area contributed by atoms with E-state index in [4.69, 9.17) is 5.73 Å². The first-order chi connectivity index (χ1) is 11.1. The fourth-order valence-electron chi connectivity index (χ4n) is 3.01. The summed E-state index contributed by atoms with van der Waals surface area (Å²) in [5.74, 6) is -0.594. The third kappa shape index (κ3) is 3.59. The van der Waals surface area contributed by atoms with Crippen LogP contribution in [0.25, 0.3) is 0 Å². The molecule has 2 aromatic carbocycles. The topological polar surface area (TPSA) is 46.3 Å². The number of rotatable bonds is 6. The van der Waals surface area contributed by atoms with Gasteiger partial charge >= 0.3 is 0 Å². The van der Waals surface area contributed by atoms with E-state index in [1.54, 1.807) is 12.1 Å². The Kier molecular flexibility index (Phi) is 4.44. The van der Waals surface area contributed by atoms with Gasteiger partial charge < -0.3 is 5.73 Å². The van der Waals surface area contributed by atoms with Crippen molar-refractivity contribution in [1.82, 2.24) is 4.90 Å². The molecule has 2 N–H and O–H groups in total. The van der Waals surface area contributed by atoms with Crippen LogP contribution in [0.15, 0.2) is 48.5 Å². The quantitative estimate of drug-likeness (QED) is 0.885. The molecule has 0 saturated heterocycles. The van der Waals surface area contributed by atoms with Crippen molar-refractivity contribution in [1.29, 1.82) is 0 Å². The number of halogens is 1. The molecule has 0 aliphatic heterocycles. The monoisotopic (exact) mass is 312 g/mol. The van der Waals surface area contributed by atoms with Crippen molar-refractivity contribution < 1.29 is 9.18 Å². The van der Waals surface area contributed by atoms with E-state index in [1.165, 1.54) is 6.07 Å². The van der Waals surface area contributed by atoms with E-state index in [2.05, 4.69) is 4.90 Å². The summed E-state index contributed by atoms with van der Waals surface area (Å²) in [6.45, 7) is 2.72. The molecule has 0 heterocycles. The molecule has 2 aromatic rings. The minimum absolute atomic E-state index is 0.0130. The molecule has 1 aliphatic rings. The summed E-state index contributed by atoms with van der Waals surface area (Å²) in [5.41, 5.74) is 7.60. The lowest BCUT2D eigenvalue weighted by Gasteiger charge is -2.30. The SMILES string of the molecule is CC(c1ccccc1F)N(Cc1cccc(C(N)=O)c1)C1CC1. The number of hydrogen-bond acceptors (Lipinski definition) is 2. The van der Waals surface area contributed by atoms with E-state index in [9.17, 15) is 9.18 Å². The van der Waals surface area contributed by atoms with Crippen molar-refractivity contribution >= 4 is 5.91 Å². The van der Waals surface area contributed by atoms with Gasteiger partial charge in [0.05, 0.1) is 0 Å². The second-order valence-electron chi connectivity index (χ2n) is 6.17. The zero-order chi connectivity index (χ0) is 16.4. The summed E-state index contributed by atoms with van der Waals surface area (Å²) in [6, 6.07) is 14.8. The molecule has 0 aromatic heterocycles. The van der Waals surface area contributed by atoms with Crippen LogP contribution in [-0.4, -0.2) is 16.8 Å². The Morgan fingerprint density at radius 2 is 2.00 bits per heavy atom. The minimum Gasteiger partial charge on any atom is -0.366 e. The molecule has 1 saturated carbocycles. The largest absolute Gasteiger partial charge is 0.366 e. The van der Waals surface area contributed by atoms with Crippen molar-refractivity contribution in [2.75, 3.05) is 0 Å². The Morgan fingerprint density at radius 3 is 2.65 bits per heavy atom. The second-order valence-corrected chi connectivity index (χ2v) is 6.17. The van der Waals surface area contributed by atoms with Crippen molar-refractivity contribution in [3.63, 3.8) is 0 Å². The molecule has 1 fully saturated rings. The Balaban J connectivity index is 1.84. The number of primary amides is 1. The summed E-state index contributed by atoms with van der Waals surface area (Å²) in [5, 5.41) is 0. The molecule has 23 heavy (non-hydrogen) atoms. The maximum absolute atomic E-state index is 14.1. The number of carbonyl (C=O) groups excluding carboxylic acids is 1. The smallest absolute Gasteiger partial charge is 0.248 e. The van der Waals surface area contributed by atoms with Gasteiger partial charge in [0.2, 0.25) is 5.91 Å². The summed E-state index contributed by atoms with van der Waals surface area (Å²) in [6.07, 6.45) is 2.27. The van der Waals surface area contributed by atoms with Gasteiger partial charge in [0, 0.05) is 29.8 Å². The van der Waals surface area contributed by atoms with E-state index < -0.39 is 5.91 Å². The summed E-state index contributed by atoms with van der Waals surface area (Å²) in [4.78, 5) is 13.6. The van der Waals surface area contributed by atoms with Crippen LogP contribution >= 0.6 is 0 Å². The fourth-order valence-corrected chi connectivity index (χ4v) is 3.01. The molecule has 120 valence electrons. The van der Waals surface area contributed by atoms with Gasteiger partial charge in [-0.05, 0) is 43.5 Å². The first kappa shape index (κ1) is 15.7. The lowest BCUT2D eigenvalue weighted by atomic mass is 10.0. The Labute approximate surface area is 135 Å². The van der Waals surface area contributed by atoms with Crippen LogP contribution in [0.4, 0.5) is 4.39 Å². The van der Waals surface area contributed by atoms with E-state index >= 15 is 0 Å². The molecule has 0 radical (unpaired) electrons. The minimum atomic E-state index is -0.424. The Morgan fingerprint density at radius 1 is 1.26 bits per heavy atom. The average molecular weight is 312 g/mol. The lowest BCUT2D eigenvalue weighted by molar-refractivity contribution is 0.1000. The molecule has 1 atom stereocenters. The van der Waals surface area contributed by atoms with Gasteiger partial charge in [0.25, 0.3) is 0 Å². The number of amides is 1. The molecule has 1 unspecified atom stereocenters. The Hall–Kier alpha value is -2.20. The van der Waals surface area contributed by atoms with Gasteiger partial charge in [-0.2, -0.15) is 0 Å². The van der Waals surface area contributed by atoms with Gasteiger partial charge in [-0.15, -0.1) is 0 Å². The van der Waals surface area contributed by atoms with Crippen LogP contribution < -0.4 is 5.73 Å². The molecular weight excluding hydrogens is 291 g/mol. The Bertz CT molecular complexity index is 712. The van der Waals surface area contributed by atoms with Crippen LogP contribution in [0.5, 0.6) is 0 Å². The number of carbonyl (C=O) groups is 1. The predicted molar refractivity (Wildman–Crippen MR) is 88.3 cm³/mol. The molecule has 3 nitrogen and oxygen atoms in total. The highest BCUT2D eigenvalue weighted by atomic mass is 19.1.